The average molecular weight is 549 g/mol. The summed E-state index contributed by atoms with van der Waals surface area (Å²) in [6, 6.07) is 14.0. The third-order valence-corrected chi connectivity index (χ3v) is 7.63. The van der Waals surface area contributed by atoms with Crippen LogP contribution in [0.25, 0.3) is 11.1 Å². The molecule has 0 atom stereocenters. The lowest BCUT2D eigenvalue weighted by Gasteiger charge is -2.15. The number of aromatic hydroxyl groups is 1. The molecule has 37 heavy (non-hydrogen) atoms. The number of primary sulfonamides is 1. The van der Waals surface area contributed by atoms with Crippen LogP contribution in [0.2, 0.25) is 0 Å². The van der Waals surface area contributed by atoms with E-state index in [2.05, 4.69) is 4.72 Å². The van der Waals surface area contributed by atoms with E-state index in [4.69, 9.17) is 26.1 Å². The summed E-state index contributed by atoms with van der Waals surface area (Å²) in [6.45, 7) is -0.854. The minimum absolute atomic E-state index is 0.0540. The molecule has 0 aromatic heterocycles. The number of phenolic OH excluding ortho intramolecular Hbond substituents is 1. The van der Waals surface area contributed by atoms with E-state index in [0.717, 1.165) is 12.1 Å². The summed E-state index contributed by atoms with van der Waals surface area (Å²) in [5.41, 5.74) is 6.60. The quantitative estimate of drug-likeness (QED) is 0.148. The molecule has 0 aliphatic heterocycles. The van der Waals surface area contributed by atoms with Crippen molar-refractivity contribution in [2.45, 2.75) is 16.2 Å². The van der Waals surface area contributed by atoms with E-state index in [-0.39, 0.29) is 40.6 Å². The number of ether oxygens (including phenoxy) is 1. The number of carbonyl (C=O) groups is 1. The molecular formula is C23H24N4O8S2. The Morgan fingerprint density at radius 3 is 2.35 bits per heavy atom. The monoisotopic (exact) mass is 548 g/mol. The minimum atomic E-state index is -4.20. The molecule has 0 unspecified atom stereocenters. The van der Waals surface area contributed by atoms with Gasteiger partial charge in [-0.3, -0.25) is 5.41 Å². The second-order valence-electron chi connectivity index (χ2n) is 7.79. The highest BCUT2D eigenvalue weighted by Gasteiger charge is 2.21. The predicted octanol–water partition coefficient (Wildman–Crippen LogP) is 0.975. The van der Waals surface area contributed by atoms with Crippen LogP contribution in [-0.4, -0.2) is 52.0 Å². The van der Waals surface area contributed by atoms with Crippen molar-refractivity contribution in [3.63, 3.8) is 0 Å². The van der Waals surface area contributed by atoms with E-state index in [0.29, 0.717) is 11.1 Å². The number of nitrogens with one attached hydrogen (secondary N) is 2. The molecule has 3 aromatic carbocycles. The molecule has 0 spiro atoms. The van der Waals surface area contributed by atoms with Crippen LogP contribution in [0, 0.1) is 5.41 Å². The number of hydrogen-bond acceptors (Lipinski definition) is 8. The van der Waals surface area contributed by atoms with Gasteiger partial charge in [0.05, 0.1) is 4.90 Å². The summed E-state index contributed by atoms with van der Waals surface area (Å²) in [5.74, 6) is -2.05. The molecule has 14 heteroatoms. The topological polar surface area (TPSA) is 223 Å². The lowest BCUT2D eigenvalue weighted by Crippen LogP contribution is -2.26. The molecule has 0 amide bonds. The maximum atomic E-state index is 12.7. The maximum absolute atomic E-state index is 12.7. The van der Waals surface area contributed by atoms with E-state index in [1.54, 1.807) is 18.2 Å². The SMILES string of the molecule is N=C(N)c1ccc(O)c(S(=O)(=O)NCCc2ccc(-c3ccccc3S(N)(=O)=O)cc2OCC(=O)O)c1. The number of rotatable bonds is 11. The van der Waals surface area contributed by atoms with Gasteiger partial charge in [0.1, 0.15) is 22.2 Å². The van der Waals surface area contributed by atoms with Crippen molar-refractivity contribution in [3.8, 4) is 22.6 Å². The lowest BCUT2D eigenvalue weighted by molar-refractivity contribution is -0.139. The Hall–Kier alpha value is -3.98. The van der Waals surface area contributed by atoms with Crippen LogP contribution in [0.3, 0.4) is 0 Å². The second-order valence-corrected chi connectivity index (χ2v) is 11.1. The van der Waals surface area contributed by atoms with Gasteiger partial charge in [0.15, 0.2) is 6.61 Å². The largest absolute Gasteiger partial charge is 0.507 e. The number of carboxylic acids is 1. The first kappa shape index (κ1) is 27.6. The number of phenols is 1. The predicted molar refractivity (Wildman–Crippen MR) is 134 cm³/mol. The van der Waals surface area contributed by atoms with Gasteiger partial charge in [-0.25, -0.2) is 31.5 Å². The number of carboxylic acid groups (broad SMARTS) is 1. The second kappa shape index (κ2) is 11.0. The third-order valence-electron chi connectivity index (χ3n) is 5.17. The molecular weight excluding hydrogens is 524 g/mol. The molecule has 0 fully saturated rings. The molecule has 0 radical (unpaired) electrons. The summed E-state index contributed by atoms with van der Waals surface area (Å²) in [7, 11) is -8.25. The van der Waals surface area contributed by atoms with Crippen LogP contribution in [0.5, 0.6) is 11.5 Å². The van der Waals surface area contributed by atoms with Gasteiger partial charge >= 0.3 is 5.97 Å². The van der Waals surface area contributed by atoms with Crippen molar-refractivity contribution in [1.82, 2.24) is 4.72 Å². The fourth-order valence-electron chi connectivity index (χ4n) is 3.45. The normalized spacial score (nSPS) is 11.7. The van der Waals surface area contributed by atoms with E-state index in [1.165, 1.54) is 30.3 Å². The zero-order valence-electron chi connectivity index (χ0n) is 19.2. The van der Waals surface area contributed by atoms with Crippen molar-refractivity contribution < 1.29 is 36.6 Å². The Balaban J connectivity index is 1.89. The summed E-state index contributed by atoms with van der Waals surface area (Å²) in [4.78, 5) is 10.5. The van der Waals surface area contributed by atoms with Crippen LogP contribution in [0.1, 0.15) is 11.1 Å². The Morgan fingerprint density at radius 1 is 1.00 bits per heavy atom. The average Bonchev–Trinajstić information content (AvgIpc) is 2.82. The summed E-state index contributed by atoms with van der Waals surface area (Å²) < 4.78 is 57.2. The Bertz CT molecular complexity index is 1570. The van der Waals surface area contributed by atoms with Crippen LogP contribution in [0.4, 0.5) is 0 Å². The van der Waals surface area contributed by atoms with Gasteiger partial charge in [-0.15, -0.1) is 0 Å². The zero-order chi connectivity index (χ0) is 27.4. The van der Waals surface area contributed by atoms with Crippen molar-refractivity contribution in [1.29, 1.82) is 5.41 Å². The maximum Gasteiger partial charge on any atom is 0.341 e. The van der Waals surface area contributed by atoms with Crippen LogP contribution >= 0.6 is 0 Å². The first-order valence-corrected chi connectivity index (χ1v) is 13.6. The fraction of sp³-hybridized carbons (Fsp3) is 0.130. The van der Waals surface area contributed by atoms with Gasteiger partial charge in [0.25, 0.3) is 0 Å². The molecule has 0 aliphatic rings. The molecule has 0 aliphatic carbocycles. The van der Waals surface area contributed by atoms with Crippen molar-refractivity contribution in [2.24, 2.45) is 10.9 Å². The first-order valence-electron chi connectivity index (χ1n) is 10.6. The number of amidine groups is 1. The minimum Gasteiger partial charge on any atom is -0.507 e. The molecule has 0 heterocycles. The van der Waals surface area contributed by atoms with E-state index < -0.39 is 43.3 Å². The molecule has 3 rings (SSSR count). The standard InChI is InChI=1S/C23H24N4O8S2/c24-23(25)16-7-8-18(28)21(12-16)37(33,34)27-10-9-14-5-6-15(11-19(14)35-13-22(29)30)17-3-1-2-4-20(17)36(26,31)32/h1-8,11-12,27-28H,9-10,13H2,(H3,24,25)(H,29,30)(H2,26,31,32). The van der Waals surface area contributed by atoms with E-state index in [9.17, 15) is 26.7 Å². The molecule has 0 saturated heterocycles. The van der Waals surface area contributed by atoms with Crippen LogP contribution in [-0.2, 0) is 31.3 Å². The van der Waals surface area contributed by atoms with E-state index >= 15 is 0 Å². The highest BCUT2D eigenvalue weighted by Crippen LogP contribution is 2.32. The highest BCUT2D eigenvalue weighted by atomic mass is 32.2. The van der Waals surface area contributed by atoms with Gasteiger partial charge in [0.2, 0.25) is 20.0 Å². The first-order chi connectivity index (χ1) is 17.3. The molecule has 0 bridgehead atoms. The summed E-state index contributed by atoms with van der Waals surface area (Å²) >= 11 is 0. The van der Waals surface area contributed by atoms with Gasteiger partial charge in [-0.2, -0.15) is 0 Å². The van der Waals surface area contributed by atoms with Gasteiger partial charge < -0.3 is 20.7 Å². The summed E-state index contributed by atoms with van der Waals surface area (Å²) in [6.07, 6.45) is 0.0540. The van der Waals surface area contributed by atoms with Crippen molar-refractivity contribution in [3.05, 3.63) is 71.8 Å². The number of nitrogen functional groups attached to an aromatic ring is 1. The van der Waals surface area contributed by atoms with Gasteiger partial charge in [-0.1, -0.05) is 30.3 Å². The number of sulfonamides is 2. The number of hydrogen-bond donors (Lipinski definition) is 6. The summed E-state index contributed by atoms with van der Waals surface area (Å²) in [5, 5.41) is 31.8. The molecule has 8 N–H and O–H groups in total. The Labute approximate surface area is 213 Å². The lowest BCUT2D eigenvalue weighted by atomic mass is 10.0. The highest BCUT2D eigenvalue weighted by molar-refractivity contribution is 7.89. The van der Waals surface area contributed by atoms with Gasteiger partial charge in [-0.05, 0) is 47.9 Å². The Kier molecular flexibility index (Phi) is 8.18. The van der Waals surface area contributed by atoms with Crippen LogP contribution < -0.4 is 20.3 Å². The number of aliphatic carboxylic acids is 1. The molecule has 12 nitrogen and oxygen atoms in total. The molecule has 196 valence electrons. The number of benzene rings is 3. The number of nitrogens with two attached hydrogens (primary N) is 2. The zero-order valence-corrected chi connectivity index (χ0v) is 20.8. The van der Waals surface area contributed by atoms with Crippen molar-refractivity contribution >= 4 is 31.9 Å². The van der Waals surface area contributed by atoms with E-state index in [1.807, 2.05) is 0 Å². The van der Waals surface area contributed by atoms with Crippen molar-refractivity contribution in [2.75, 3.05) is 13.2 Å². The smallest absolute Gasteiger partial charge is 0.341 e. The molecule has 3 aromatic rings. The fourth-order valence-corrected chi connectivity index (χ4v) is 5.36. The third kappa shape index (κ3) is 6.83. The Morgan fingerprint density at radius 2 is 1.70 bits per heavy atom. The molecule has 0 saturated carbocycles. The van der Waals surface area contributed by atoms with Crippen LogP contribution in [0.15, 0.2) is 70.5 Å². The van der Waals surface area contributed by atoms with Gasteiger partial charge in [0, 0.05) is 17.7 Å².